The van der Waals surface area contributed by atoms with Crippen molar-refractivity contribution in [3.8, 4) is 0 Å². The summed E-state index contributed by atoms with van der Waals surface area (Å²) >= 11 is 0. The summed E-state index contributed by atoms with van der Waals surface area (Å²) in [6, 6.07) is -0.0161. The first-order valence-corrected chi connectivity index (χ1v) is 6.49. The summed E-state index contributed by atoms with van der Waals surface area (Å²) < 4.78 is 28.2. The highest BCUT2D eigenvalue weighted by atomic mass is 19.3. The number of carbonyl (C=O) groups is 1. The molecule has 2 N–H and O–H groups in total. The molecule has 106 valence electrons. The SMILES string of the molecule is CC(NCCOCC(F)F)C(=O)NC1CCCC1. The molecule has 1 unspecified atom stereocenters. The van der Waals surface area contributed by atoms with E-state index in [4.69, 9.17) is 4.74 Å². The predicted octanol–water partition coefficient (Wildman–Crippen LogP) is 1.30. The molecule has 18 heavy (non-hydrogen) atoms. The second kappa shape index (κ2) is 8.37. The Kier molecular flexibility index (Phi) is 7.12. The first-order chi connectivity index (χ1) is 8.59. The summed E-state index contributed by atoms with van der Waals surface area (Å²) in [5, 5.41) is 5.92. The van der Waals surface area contributed by atoms with Crippen LogP contribution in [0.2, 0.25) is 0 Å². The minimum Gasteiger partial charge on any atom is -0.374 e. The lowest BCUT2D eigenvalue weighted by atomic mass is 10.2. The Morgan fingerprint density at radius 1 is 1.39 bits per heavy atom. The van der Waals surface area contributed by atoms with Gasteiger partial charge in [-0.15, -0.1) is 0 Å². The highest BCUT2D eigenvalue weighted by Crippen LogP contribution is 2.17. The molecular weight excluding hydrogens is 242 g/mol. The van der Waals surface area contributed by atoms with E-state index in [9.17, 15) is 13.6 Å². The van der Waals surface area contributed by atoms with Gasteiger partial charge >= 0.3 is 0 Å². The number of alkyl halides is 2. The minimum atomic E-state index is -2.44. The molecule has 4 nitrogen and oxygen atoms in total. The van der Waals surface area contributed by atoms with Crippen LogP contribution in [0.25, 0.3) is 0 Å². The minimum absolute atomic E-state index is 0.0317. The average molecular weight is 264 g/mol. The van der Waals surface area contributed by atoms with Gasteiger partial charge in [0.05, 0.1) is 12.6 Å². The summed E-state index contributed by atoms with van der Waals surface area (Å²) in [7, 11) is 0. The highest BCUT2D eigenvalue weighted by Gasteiger charge is 2.20. The smallest absolute Gasteiger partial charge is 0.261 e. The van der Waals surface area contributed by atoms with Crippen LogP contribution >= 0.6 is 0 Å². The number of carbonyl (C=O) groups excluding carboxylic acids is 1. The van der Waals surface area contributed by atoms with Crippen LogP contribution in [-0.4, -0.2) is 44.2 Å². The molecule has 0 aromatic heterocycles. The number of hydrogen-bond donors (Lipinski definition) is 2. The monoisotopic (exact) mass is 264 g/mol. The Balaban J connectivity index is 2.04. The molecule has 0 radical (unpaired) electrons. The van der Waals surface area contributed by atoms with Gasteiger partial charge in [-0.3, -0.25) is 4.79 Å². The number of ether oxygens (including phenoxy) is 1. The number of amides is 1. The molecule has 6 heteroatoms. The second-order valence-corrected chi connectivity index (χ2v) is 4.63. The van der Waals surface area contributed by atoms with Gasteiger partial charge in [0.2, 0.25) is 5.91 Å². The van der Waals surface area contributed by atoms with E-state index in [0.29, 0.717) is 12.6 Å². The number of nitrogens with one attached hydrogen (secondary N) is 2. The van der Waals surface area contributed by atoms with Gasteiger partial charge in [-0.2, -0.15) is 0 Å². The van der Waals surface area contributed by atoms with Crippen LogP contribution in [0.1, 0.15) is 32.6 Å². The number of halogens is 2. The van der Waals surface area contributed by atoms with E-state index in [1.807, 2.05) is 0 Å². The Morgan fingerprint density at radius 3 is 2.67 bits per heavy atom. The van der Waals surface area contributed by atoms with E-state index >= 15 is 0 Å². The van der Waals surface area contributed by atoms with E-state index in [2.05, 4.69) is 10.6 Å². The molecule has 0 heterocycles. The molecule has 0 bridgehead atoms. The zero-order valence-corrected chi connectivity index (χ0v) is 10.8. The fourth-order valence-corrected chi connectivity index (χ4v) is 2.01. The van der Waals surface area contributed by atoms with Gasteiger partial charge in [0.15, 0.2) is 0 Å². The van der Waals surface area contributed by atoms with Gasteiger partial charge in [0.25, 0.3) is 6.43 Å². The number of hydrogen-bond acceptors (Lipinski definition) is 3. The lowest BCUT2D eigenvalue weighted by molar-refractivity contribution is -0.123. The van der Waals surface area contributed by atoms with Gasteiger partial charge in [0.1, 0.15) is 6.61 Å². The van der Waals surface area contributed by atoms with Crippen molar-refractivity contribution in [2.75, 3.05) is 19.8 Å². The van der Waals surface area contributed by atoms with E-state index < -0.39 is 13.0 Å². The van der Waals surface area contributed by atoms with Crippen molar-refractivity contribution in [1.82, 2.24) is 10.6 Å². The summed E-state index contributed by atoms with van der Waals surface area (Å²) in [5.74, 6) is -0.0317. The largest absolute Gasteiger partial charge is 0.374 e. The molecule has 0 aromatic carbocycles. The average Bonchev–Trinajstić information content (AvgIpc) is 2.80. The molecule has 1 rings (SSSR count). The topological polar surface area (TPSA) is 50.4 Å². The summed E-state index contributed by atoms with van der Waals surface area (Å²) in [6.07, 6.45) is 2.02. The van der Waals surface area contributed by atoms with Crippen molar-refractivity contribution in [3.05, 3.63) is 0 Å². The first kappa shape index (κ1) is 15.3. The van der Waals surface area contributed by atoms with Crippen LogP contribution in [0.4, 0.5) is 8.78 Å². The molecule has 0 aliphatic heterocycles. The molecule has 1 fully saturated rings. The summed E-state index contributed by atoms with van der Waals surface area (Å²) in [4.78, 5) is 11.7. The second-order valence-electron chi connectivity index (χ2n) is 4.63. The first-order valence-electron chi connectivity index (χ1n) is 6.49. The lowest BCUT2D eigenvalue weighted by Gasteiger charge is -2.17. The molecule has 1 aliphatic carbocycles. The quantitative estimate of drug-likeness (QED) is 0.650. The fourth-order valence-electron chi connectivity index (χ4n) is 2.01. The molecule has 0 spiro atoms. The zero-order chi connectivity index (χ0) is 13.4. The molecule has 1 saturated carbocycles. The molecule has 1 atom stereocenters. The molecule has 0 saturated heterocycles. The molecular formula is C12H22F2N2O2. The van der Waals surface area contributed by atoms with Gasteiger partial charge in [-0.25, -0.2) is 8.78 Å². The molecule has 1 amide bonds. The standard InChI is InChI=1S/C12H22F2N2O2/c1-9(15-6-7-18-8-11(13)14)12(17)16-10-4-2-3-5-10/h9-11,15H,2-8H2,1H3,(H,16,17). The van der Waals surface area contributed by atoms with E-state index in [0.717, 1.165) is 12.8 Å². The third kappa shape index (κ3) is 6.26. The number of rotatable bonds is 8. The van der Waals surface area contributed by atoms with Crippen LogP contribution in [-0.2, 0) is 9.53 Å². The van der Waals surface area contributed by atoms with E-state index in [1.165, 1.54) is 12.8 Å². The van der Waals surface area contributed by atoms with Crippen molar-refractivity contribution in [2.24, 2.45) is 0 Å². The van der Waals surface area contributed by atoms with Crippen molar-refractivity contribution >= 4 is 5.91 Å². The van der Waals surface area contributed by atoms with Gasteiger partial charge < -0.3 is 15.4 Å². The van der Waals surface area contributed by atoms with Crippen molar-refractivity contribution in [2.45, 2.75) is 51.1 Å². The Bertz CT molecular complexity index is 246. The van der Waals surface area contributed by atoms with Crippen LogP contribution in [0.3, 0.4) is 0 Å². The maximum atomic E-state index is 11.8. The van der Waals surface area contributed by atoms with Crippen LogP contribution in [0, 0.1) is 0 Å². The summed E-state index contributed by atoms with van der Waals surface area (Å²) in [5.41, 5.74) is 0. The third-order valence-corrected chi connectivity index (χ3v) is 3.04. The Hall–Kier alpha value is -0.750. The molecule has 1 aliphatic rings. The zero-order valence-electron chi connectivity index (χ0n) is 10.8. The molecule has 0 aromatic rings. The predicted molar refractivity (Wildman–Crippen MR) is 64.7 cm³/mol. The fraction of sp³-hybridized carbons (Fsp3) is 0.917. The Morgan fingerprint density at radius 2 is 2.06 bits per heavy atom. The van der Waals surface area contributed by atoms with Crippen molar-refractivity contribution in [3.63, 3.8) is 0 Å². The maximum Gasteiger partial charge on any atom is 0.261 e. The van der Waals surface area contributed by atoms with Gasteiger partial charge in [-0.1, -0.05) is 12.8 Å². The van der Waals surface area contributed by atoms with Crippen molar-refractivity contribution < 1.29 is 18.3 Å². The highest BCUT2D eigenvalue weighted by molar-refractivity contribution is 5.81. The normalized spacial score (nSPS) is 18.2. The lowest BCUT2D eigenvalue weighted by Crippen LogP contribution is -2.46. The Labute approximate surface area is 106 Å². The van der Waals surface area contributed by atoms with Gasteiger partial charge in [-0.05, 0) is 19.8 Å². The van der Waals surface area contributed by atoms with E-state index in [-0.39, 0.29) is 18.6 Å². The van der Waals surface area contributed by atoms with Crippen LogP contribution < -0.4 is 10.6 Å². The van der Waals surface area contributed by atoms with Crippen LogP contribution in [0.5, 0.6) is 0 Å². The van der Waals surface area contributed by atoms with Crippen LogP contribution in [0.15, 0.2) is 0 Å². The maximum absolute atomic E-state index is 11.8. The third-order valence-electron chi connectivity index (χ3n) is 3.04. The summed E-state index contributed by atoms with van der Waals surface area (Å²) in [6.45, 7) is 1.79. The van der Waals surface area contributed by atoms with E-state index in [1.54, 1.807) is 6.92 Å². The van der Waals surface area contributed by atoms with Crippen molar-refractivity contribution in [1.29, 1.82) is 0 Å². The van der Waals surface area contributed by atoms with Gasteiger partial charge in [0, 0.05) is 12.6 Å².